The van der Waals surface area contributed by atoms with Gasteiger partial charge in [-0.3, -0.25) is 14.5 Å². The molecular formula is C48H80F3N3O14. The summed E-state index contributed by atoms with van der Waals surface area (Å²) in [6.45, 7) is 17.1. The van der Waals surface area contributed by atoms with E-state index in [4.69, 9.17) is 28.4 Å². The summed E-state index contributed by atoms with van der Waals surface area (Å²) in [6.07, 6.45) is -9.83. The van der Waals surface area contributed by atoms with Crippen LogP contribution in [0.15, 0.2) is 6.07 Å². The Morgan fingerprint density at radius 2 is 1.60 bits per heavy atom. The maximum atomic E-state index is 14.9. The van der Waals surface area contributed by atoms with Crippen LogP contribution in [0.25, 0.3) is 0 Å². The topological polar surface area (TPSA) is 218 Å². The molecule has 3 aliphatic heterocycles. The first-order chi connectivity index (χ1) is 31.6. The zero-order valence-corrected chi connectivity index (χ0v) is 42.3. The molecule has 1 amide bonds. The summed E-state index contributed by atoms with van der Waals surface area (Å²) in [5.74, 6) is -9.69. The van der Waals surface area contributed by atoms with Gasteiger partial charge >= 0.3 is 5.97 Å². The number of ether oxygens (including phenoxy) is 7. The van der Waals surface area contributed by atoms with Gasteiger partial charge in [0.15, 0.2) is 30.0 Å². The molecule has 18 atom stereocenters. The van der Waals surface area contributed by atoms with E-state index in [9.17, 15) is 48.3 Å². The first-order valence-electron chi connectivity index (χ1n) is 23.8. The first-order valence-corrected chi connectivity index (χ1v) is 23.8. The van der Waals surface area contributed by atoms with Crippen molar-refractivity contribution in [3.05, 3.63) is 29.1 Å². The lowest BCUT2D eigenvalue weighted by molar-refractivity contribution is -0.318. The third kappa shape index (κ3) is 13.0. The highest BCUT2D eigenvalue weighted by Gasteiger charge is 2.53. The second-order valence-corrected chi connectivity index (χ2v) is 20.4. The number of hydrogen-bond acceptors (Lipinski definition) is 16. The number of likely N-dealkylation sites (N-methyl/N-ethyl adjacent to an activating group) is 1. The van der Waals surface area contributed by atoms with Crippen LogP contribution in [0.5, 0.6) is 5.75 Å². The number of esters is 1. The molecule has 0 aromatic heterocycles. The van der Waals surface area contributed by atoms with Crippen molar-refractivity contribution in [2.24, 2.45) is 17.8 Å². The average molecular weight is 980 g/mol. The largest absolute Gasteiger partial charge is 0.491 e. The fourth-order valence-corrected chi connectivity index (χ4v) is 10.4. The van der Waals surface area contributed by atoms with E-state index in [0.717, 1.165) is 7.11 Å². The number of aliphatic hydroxyl groups excluding tert-OH is 3. The minimum atomic E-state index is -2.03. The number of nitrogens with zero attached hydrogens (tertiary/aromatic N) is 2. The second kappa shape index (κ2) is 23.7. The Hall–Kier alpha value is -2.73. The molecule has 3 fully saturated rings. The predicted octanol–water partition coefficient (Wildman–Crippen LogP) is 3.52. The Morgan fingerprint density at radius 3 is 2.19 bits per heavy atom. The standard InChI is InChI=1S/C48H80F3N3O14/c1-15-33-48(10,61)40(56)28(6)54(18-16-17-52-43(58)30-20-31(49)36(51)39(62-13)35(30)50)23-24(2)21-46(8,60)42(68-45-37(55)32(53(11)12)19-25(3)64-45)26(4)38(27(5)44(59)66-33)67-34-22-47(9,63-14)41(57)29(7)65-34/h20,24-29,32-34,37-38,40-42,45,55-57,60-61H,15-19,21-23H2,1-14H3,(H,52,58)/t24-,25-,26+,27-,28-,29+,32+,33-,34+,37-,38+,40-,41+,42-,45+,46-,47-,48-/m1/s1. The van der Waals surface area contributed by atoms with Crippen LogP contribution in [-0.2, 0) is 33.2 Å². The van der Waals surface area contributed by atoms with Gasteiger partial charge in [0, 0.05) is 51.2 Å². The zero-order valence-electron chi connectivity index (χ0n) is 42.3. The van der Waals surface area contributed by atoms with E-state index in [1.54, 1.807) is 48.5 Å². The van der Waals surface area contributed by atoms with Crippen molar-refractivity contribution in [1.82, 2.24) is 15.1 Å². The molecule has 392 valence electrons. The van der Waals surface area contributed by atoms with Gasteiger partial charge in [0.1, 0.15) is 30.0 Å². The van der Waals surface area contributed by atoms with Crippen LogP contribution < -0.4 is 10.1 Å². The monoisotopic (exact) mass is 980 g/mol. The minimum absolute atomic E-state index is 0.0369. The van der Waals surface area contributed by atoms with Crippen LogP contribution in [0.2, 0.25) is 0 Å². The highest BCUT2D eigenvalue weighted by Crippen LogP contribution is 2.40. The van der Waals surface area contributed by atoms with Crippen LogP contribution in [0.1, 0.15) is 112 Å². The van der Waals surface area contributed by atoms with E-state index >= 15 is 0 Å². The van der Waals surface area contributed by atoms with Gasteiger partial charge in [0.2, 0.25) is 5.82 Å². The van der Waals surface area contributed by atoms with Crippen molar-refractivity contribution in [3.63, 3.8) is 0 Å². The van der Waals surface area contributed by atoms with E-state index in [0.29, 0.717) is 12.5 Å². The van der Waals surface area contributed by atoms with Gasteiger partial charge in [-0.25, -0.2) is 8.78 Å². The number of aliphatic hydroxyl groups is 5. The van der Waals surface area contributed by atoms with Crippen molar-refractivity contribution in [1.29, 1.82) is 0 Å². The molecule has 3 aliphatic rings. The number of carbonyl (C=O) groups is 2. The lowest BCUT2D eigenvalue weighted by Gasteiger charge is -2.48. The summed E-state index contributed by atoms with van der Waals surface area (Å²) in [6, 6.07) is -0.770. The van der Waals surface area contributed by atoms with Crippen LogP contribution in [0.4, 0.5) is 13.2 Å². The number of halogens is 3. The predicted molar refractivity (Wildman–Crippen MR) is 243 cm³/mol. The molecule has 1 aromatic rings. The average Bonchev–Trinajstić information content (AvgIpc) is 3.27. The lowest BCUT2D eigenvalue weighted by Crippen LogP contribution is -2.60. The molecular weight excluding hydrogens is 900 g/mol. The SMILES string of the molecule is CC[C@H]1OC(=O)[C@H](C)[C@@H](O[C@H]2C[C@@](C)(OC)[C@@H](O)[C@H](C)O2)[C@H](C)[C@@H](O[C@@H]2O[C@H](C)C[C@H](N(C)C)[C@H]2O)[C@](C)(O)C[C@@H](C)CN(CCCNC(=O)c2cc(F)c(F)c(OC)c2F)[C@H](C)[C@@H](O)[C@]1(C)O. The van der Waals surface area contributed by atoms with Crippen LogP contribution >= 0.6 is 0 Å². The number of amides is 1. The molecule has 68 heavy (non-hydrogen) atoms. The Kier molecular flexibility index (Phi) is 20.1. The number of carbonyl (C=O) groups excluding carboxylic acids is 2. The van der Waals surface area contributed by atoms with Gasteiger partial charge in [-0.05, 0) is 100 Å². The molecule has 0 saturated carbocycles. The molecule has 3 saturated heterocycles. The van der Waals surface area contributed by atoms with Crippen molar-refractivity contribution in [2.75, 3.05) is 47.9 Å². The molecule has 0 aliphatic carbocycles. The van der Waals surface area contributed by atoms with E-state index < -0.39 is 137 Å². The van der Waals surface area contributed by atoms with Crippen molar-refractivity contribution in [3.8, 4) is 5.75 Å². The smallest absolute Gasteiger partial charge is 0.311 e. The van der Waals surface area contributed by atoms with Gasteiger partial charge in [0.05, 0.1) is 54.2 Å². The summed E-state index contributed by atoms with van der Waals surface area (Å²) in [4.78, 5) is 31.2. The number of benzene rings is 1. The van der Waals surface area contributed by atoms with E-state index in [1.807, 2.05) is 37.7 Å². The Morgan fingerprint density at radius 1 is 0.956 bits per heavy atom. The van der Waals surface area contributed by atoms with Crippen molar-refractivity contribution < 1.29 is 81.5 Å². The third-order valence-electron chi connectivity index (χ3n) is 14.5. The van der Waals surface area contributed by atoms with E-state index in [1.165, 1.54) is 14.0 Å². The minimum Gasteiger partial charge on any atom is -0.491 e. The molecule has 0 unspecified atom stereocenters. The third-order valence-corrected chi connectivity index (χ3v) is 14.5. The van der Waals surface area contributed by atoms with Crippen molar-refractivity contribution in [2.45, 2.75) is 192 Å². The molecule has 4 rings (SSSR count). The maximum absolute atomic E-state index is 14.9. The van der Waals surface area contributed by atoms with Crippen LogP contribution in [-0.4, -0.2) is 185 Å². The molecule has 0 bridgehead atoms. The lowest BCUT2D eigenvalue weighted by atomic mass is 9.77. The summed E-state index contributed by atoms with van der Waals surface area (Å²) in [5, 5.41) is 62.2. The highest BCUT2D eigenvalue weighted by molar-refractivity contribution is 5.95. The second-order valence-electron chi connectivity index (χ2n) is 20.4. The normalized spacial score (nSPS) is 40.6. The molecule has 3 heterocycles. The number of cyclic esters (lactones) is 1. The molecule has 6 N–H and O–H groups in total. The molecule has 0 spiro atoms. The Bertz CT molecular complexity index is 1830. The number of nitrogens with one attached hydrogen (secondary N) is 1. The van der Waals surface area contributed by atoms with Crippen LogP contribution in [0.3, 0.4) is 0 Å². The fraction of sp³-hybridized carbons (Fsp3) is 0.833. The Balaban J connectivity index is 1.76. The maximum Gasteiger partial charge on any atom is 0.311 e. The number of methoxy groups -OCH3 is 2. The van der Waals surface area contributed by atoms with Gasteiger partial charge in [-0.1, -0.05) is 20.8 Å². The van der Waals surface area contributed by atoms with Gasteiger partial charge in [0.25, 0.3) is 5.91 Å². The van der Waals surface area contributed by atoms with Gasteiger partial charge < -0.3 is 68.9 Å². The quantitative estimate of drug-likeness (QED) is 0.0947. The Labute approximate surface area is 399 Å². The van der Waals surface area contributed by atoms with E-state index in [2.05, 4.69) is 10.1 Å². The molecule has 20 heteroatoms. The van der Waals surface area contributed by atoms with Crippen molar-refractivity contribution >= 4 is 11.9 Å². The molecule has 1 aromatic carbocycles. The highest BCUT2D eigenvalue weighted by atomic mass is 19.2. The molecule has 17 nitrogen and oxygen atoms in total. The molecule has 0 radical (unpaired) electrons. The number of rotatable bonds is 13. The number of hydrogen-bond donors (Lipinski definition) is 6. The van der Waals surface area contributed by atoms with E-state index in [-0.39, 0.29) is 57.5 Å². The summed E-state index contributed by atoms with van der Waals surface area (Å²) < 4.78 is 85.7. The summed E-state index contributed by atoms with van der Waals surface area (Å²) >= 11 is 0. The van der Waals surface area contributed by atoms with Gasteiger partial charge in [-0.2, -0.15) is 4.39 Å². The summed E-state index contributed by atoms with van der Waals surface area (Å²) in [5.41, 5.74) is -5.65. The first kappa shape index (κ1) is 57.8. The van der Waals surface area contributed by atoms with Gasteiger partial charge in [-0.15, -0.1) is 0 Å². The zero-order chi connectivity index (χ0) is 51.4. The van der Waals surface area contributed by atoms with Crippen LogP contribution in [0, 0.1) is 35.2 Å². The summed E-state index contributed by atoms with van der Waals surface area (Å²) in [7, 11) is 6.08. The fourth-order valence-electron chi connectivity index (χ4n) is 10.4.